The van der Waals surface area contributed by atoms with Crippen LogP contribution in [0.2, 0.25) is 0 Å². The number of aromatic nitrogens is 2. The predicted octanol–water partition coefficient (Wildman–Crippen LogP) is 3.04. The highest BCUT2D eigenvalue weighted by Gasteiger charge is 2.24. The van der Waals surface area contributed by atoms with E-state index in [9.17, 15) is 14.9 Å². The van der Waals surface area contributed by atoms with Gasteiger partial charge in [0, 0.05) is 48.2 Å². The fourth-order valence-electron chi connectivity index (χ4n) is 3.03. The summed E-state index contributed by atoms with van der Waals surface area (Å²) >= 11 is 0. The molecule has 3 rings (SSSR count). The largest absolute Gasteiger partial charge is 0.324 e. The van der Waals surface area contributed by atoms with Gasteiger partial charge in [0.2, 0.25) is 0 Å². The van der Waals surface area contributed by atoms with Gasteiger partial charge in [0.05, 0.1) is 4.92 Å². The number of nitrogens with one attached hydrogen (secondary N) is 2. The molecule has 0 unspecified atom stereocenters. The molecule has 1 fully saturated rings. The number of H-pyrrole nitrogens is 1. The molecule has 2 N–H and O–H groups in total. The molecule has 0 aliphatic carbocycles. The van der Waals surface area contributed by atoms with Gasteiger partial charge in [-0.1, -0.05) is 0 Å². The van der Waals surface area contributed by atoms with E-state index in [-0.39, 0.29) is 11.7 Å². The van der Waals surface area contributed by atoms with Gasteiger partial charge in [0.25, 0.3) is 5.69 Å². The Bertz CT molecular complexity index is 736. The standard InChI is InChI=1S/C16H19N5O3/c1-11-10-13(2-3-15(11)21(23)24)18-16(22)20-8-5-12(6-9-20)14-4-7-17-19-14/h2-4,7,10,12H,5-6,8-9H2,1H3,(H,17,19)(H,18,22). The van der Waals surface area contributed by atoms with Crippen molar-refractivity contribution in [1.29, 1.82) is 0 Å². The van der Waals surface area contributed by atoms with E-state index in [4.69, 9.17) is 0 Å². The number of hydrogen-bond donors (Lipinski definition) is 2. The van der Waals surface area contributed by atoms with Crippen molar-refractivity contribution in [2.75, 3.05) is 18.4 Å². The second-order valence-corrected chi connectivity index (χ2v) is 5.96. The summed E-state index contributed by atoms with van der Waals surface area (Å²) in [5.41, 5.74) is 2.25. The Labute approximate surface area is 139 Å². The van der Waals surface area contributed by atoms with Crippen LogP contribution in [0.3, 0.4) is 0 Å². The number of nitro groups is 1. The number of likely N-dealkylation sites (tertiary alicyclic amines) is 1. The van der Waals surface area contributed by atoms with E-state index >= 15 is 0 Å². The Kier molecular flexibility index (Phi) is 4.45. The van der Waals surface area contributed by atoms with Crippen LogP contribution < -0.4 is 5.32 Å². The summed E-state index contributed by atoms with van der Waals surface area (Å²) < 4.78 is 0. The fourth-order valence-corrected chi connectivity index (χ4v) is 3.03. The number of nitrogens with zero attached hydrogens (tertiary/aromatic N) is 3. The van der Waals surface area contributed by atoms with Crippen LogP contribution in [-0.2, 0) is 0 Å². The number of rotatable bonds is 3. The van der Waals surface area contributed by atoms with E-state index in [1.54, 1.807) is 30.2 Å². The summed E-state index contributed by atoms with van der Waals surface area (Å²) in [6, 6.07) is 6.38. The second kappa shape index (κ2) is 6.69. The van der Waals surface area contributed by atoms with Gasteiger partial charge in [-0.15, -0.1) is 0 Å². The third kappa shape index (κ3) is 3.37. The molecule has 2 heterocycles. The minimum Gasteiger partial charge on any atom is -0.324 e. The smallest absolute Gasteiger partial charge is 0.321 e. The number of carbonyl (C=O) groups is 1. The number of benzene rings is 1. The average molecular weight is 329 g/mol. The van der Waals surface area contributed by atoms with Crippen LogP contribution in [0.25, 0.3) is 0 Å². The van der Waals surface area contributed by atoms with Crippen molar-refractivity contribution in [2.45, 2.75) is 25.7 Å². The fraction of sp³-hybridized carbons (Fsp3) is 0.375. The Morgan fingerprint density at radius 3 is 2.71 bits per heavy atom. The van der Waals surface area contributed by atoms with Crippen LogP contribution >= 0.6 is 0 Å². The number of hydrogen-bond acceptors (Lipinski definition) is 4. The first-order chi connectivity index (χ1) is 11.5. The van der Waals surface area contributed by atoms with Gasteiger partial charge in [-0.25, -0.2) is 4.79 Å². The van der Waals surface area contributed by atoms with Gasteiger partial charge in [-0.05, 0) is 38.0 Å². The van der Waals surface area contributed by atoms with Crippen LogP contribution in [-0.4, -0.2) is 39.1 Å². The molecule has 0 bridgehead atoms. The van der Waals surface area contributed by atoms with Crippen LogP contribution in [0.15, 0.2) is 30.5 Å². The highest BCUT2D eigenvalue weighted by molar-refractivity contribution is 5.89. The second-order valence-electron chi connectivity index (χ2n) is 5.96. The first-order valence-electron chi connectivity index (χ1n) is 7.85. The molecule has 0 atom stereocenters. The van der Waals surface area contributed by atoms with Crippen LogP contribution in [0.4, 0.5) is 16.2 Å². The van der Waals surface area contributed by atoms with Gasteiger partial charge in [0.1, 0.15) is 0 Å². The zero-order chi connectivity index (χ0) is 17.1. The molecule has 1 saturated heterocycles. The highest BCUT2D eigenvalue weighted by atomic mass is 16.6. The SMILES string of the molecule is Cc1cc(NC(=O)N2CCC(c3ccn[nH]3)CC2)ccc1[N+](=O)[O-]. The maximum atomic E-state index is 12.4. The third-order valence-corrected chi connectivity index (χ3v) is 4.39. The van der Waals surface area contributed by atoms with Crippen LogP contribution in [0, 0.1) is 17.0 Å². The Hall–Kier alpha value is -2.90. The molecular weight excluding hydrogens is 310 g/mol. The van der Waals surface area contributed by atoms with Crippen molar-refractivity contribution in [3.8, 4) is 0 Å². The molecule has 8 nitrogen and oxygen atoms in total. The first kappa shape index (κ1) is 16.0. The minimum atomic E-state index is -0.429. The van der Waals surface area contributed by atoms with Gasteiger partial charge >= 0.3 is 6.03 Å². The molecule has 1 aliphatic heterocycles. The minimum absolute atomic E-state index is 0.0494. The molecule has 0 saturated carbocycles. The summed E-state index contributed by atoms with van der Waals surface area (Å²) in [6.45, 7) is 2.99. The maximum Gasteiger partial charge on any atom is 0.321 e. The highest BCUT2D eigenvalue weighted by Crippen LogP contribution is 2.27. The molecule has 24 heavy (non-hydrogen) atoms. The third-order valence-electron chi connectivity index (χ3n) is 4.39. The van der Waals surface area contributed by atoms with Crippen molar-refractivity contribution in [3.05, 3.63) is 51.8 Å². The quantitative estimate of drug-likeness (QED) is 0.667. The number of aromatic amines is 1. The van der Waals surface area contributed by atoms with Crippen molar-refractivity contribution < 1.29 is 9.72 Å². The maximum absolute atomic E-state index is 12.4. The van der Waals surface area contributed by atoms with Crippen molar-refractivity contribution >= 4 is 17.4 Å². The van der Waals surface area contributed by atoms with E-state index in [0.29, 0.717) is 30.3 Å². The molecule has 2 aromatic rings. The number of anilines is 1. The zero-order valence-electron chi connectivity index (χ0n) is 13.4. The van der Waals surface area contributed by atoms with Crippen molar-refractivity contribution in [1.82, 2.24) is 15.1 Å². The molecule has 0 radical (unpaired) electrons. The molecule has 0 spiro atoms. The summed E-state index contributed by atoms with van der Waals surface area (Å²) in [5, 5.41) is 20.6. The van der Waals surface area contributed by atoms with E-state index in [1.165, 1.54) is 6.07 Å². The molecule has 126 valence electrons. The van der Waals surface area contributed by atoms with E-state index < -0.39 is 4.92 Å². The lowest BCUT2D eigenvalue weighted by Gasteiger charge is -2.31. The molecule has 1 aliphatic rings. The summed E-state index contributed by atoms with van der Waals surface area (Å²) in [5.74, 6) is 0.401. The molecule has 8 heteroatoms. The number of urea groups is 1. The Balaban J connectivity index is 1.58. The van der Waals surface area contributed by atoms with Gasteiger partial charge in [-0.2, -0.15) is 5.10 Å². The molecule has 1 aromatic carbocycles. The topological polar surface area (TPSA) is 104 Å². The lowest BCUT2D eigenvalue weighted by atomic mass is 9.94. The zero-order valence-corrected chi connectivity index (χ0v) is 13.4. The monoisotopic (exact) mass is 329 g/mol. The number of piperidine rings is 1. The van der Waals surface area contributed by atoms with Crippen molar-refractivity contribution in [2.24, 2.45) is 0 Å². The lowest BCUT2D eigenvalue weighted by Crippen LogP contribution is -2.40. The summed E-state index contributed by atoms with van der Waals surface area (Å²) in [4.78, 5) is 24.5. The molecule has 1 aromatic heterocycles. The van der Waals surface area contributed by atoms with Crippen molar-refractivity contribution in [3.63, 3.8) is 0 Å². The molecule has 2 amide bonds. The normalized spacial score (nSPS) is 15.3. The average Bonchev–Trinajstić information content (AvgIpc) is 3.09. The summed E-state index contributed by atoms with van der Waals surface area (Å²) in [7, 11) is 0. The van der Waals surface area contributed by atoms with Gasteiger partial charge in [0.15, 0.2) is 0 Å². The van der Waals surface area contributed by atoms with Crippen LogP contribution in [0.1, 0.15) is 30.0 Å². The number of amides is 2. The Morgan fingerprint density at radius 2 is 2.12 bits per heavy atom. The van der Waals surface area contributed by atoms with Gasteiger partial charge < -0.3 is 10.2 Å². The van der Waals surface area contributed by atoms with E-state index in [0.717, 1.165) is 18.5 Å². The summed E-state index contributed by atoms with van der Waals surface area (Å²) in [6.07, 6.45) is 3.51. The first-order valence-corrected chi connectivity index (χ1v) is 7.85. The predicted molar refractivity (Wildman–Crippen MR) is 89.0 cm³/mol. The van der Waals surface area contributed by atoms with E-state index in [2.05, 4.69) is 15.5 Å². The Morgan fingerprint density at radius 1 is 1.38 bits per heavy atom. The lowest BCUT2D eigenvalue weighted by molar-refractivity contribution is -0.385. The van der Waals surface area contributed by atoms with E-state index in [1.807, 2.05) is 6.07 Å². The van der Waals surface area contributed by atoms with Crippen LogP contribution in [0.5, 0.6) is 0 Å². The number of aryl methyl sites for hydroxylation is 1. The number of carbonyl (C=O) groups excluding carboxylic acids is 1. The van der Waals surface area contributed by atoms with Gasteiger partial charge in [-0.3, -0.25) is 15.2 Å². The molecular formula is C16H19N5O3. The number of nitro benzene ring substituents is 1.